The molecule has 0 fully saturated rings. The minimum absolute atomic E-state index is 0.163. The second-order valence-corrected chi connectivity index (χ2v) is 4.05. The fraction of sp³-hybridized carbons (Fsp3) is 0. The maximum atomic E-state index is 12.8. The van der Waals surface area contributed by atoms with Crippen molar-refractivity contribution in [2.45, 2.75) is 0 Å². The van der Waals surface area contributed by atoms with Crippen LogP contribution in [0.2, 0.25) is 10.0 Å². The standard InChI is InChI=1S/C12H7Cl2FO/c13-10-3-1-2-9(12(10)14)8-5-4-7(15)6-11(8)16/h1-6,16H. The number of benzene rings is 2. The number of phenolic OH excluding ortho intramolecular Hbond substituents is 1. The van der Waals surface area contributed by atoms with Gasteiger partial charge in [-0.2, -0.15) is 0 Å². The molecule has 0 aliphatic carbocycles. The molecular weight excluding hydrogens is 250 g/mol. The first kappa shape index (κ1) is 11.2. The molecule has 0 radical (unpaired) electrons. The maximum absolute atomic E-state index is 12.8. The van der Waals surface area contributed by atoms with E-state index in [9.17, 15) is 9.50 Å². The third kappa shape index (κ3) is 1.99. The molecule has 2 aromatic rings. The first-order valence-electron chi connectivity index (χ1n) is 4.52. The average Bonchev–Trinajstić information content (AvgIpc) is 2.23. The van der Waals surface area contributed by atoms with Gasteiger partial charge in [-0.05, 0) is 18.2 Å². The fourth-order valence-electron chi connectivity index (χ4n) is 1.44. The van der Waals surface area contributed by atoms with Gasteiger partial charge in [-0.3, -0.25) is 0 Å². The first-order valence-corrected chi connectivity index (χ1v) is 5.28. The highest BCUT2D eigenvalue weighted by Crippen LogP contribution is 2.37. The zero-order valence-corrected chi connectivity index (χ0v) is 9.56. The molecule has 0 saturated heterocycles. The second-order valence-electron chi connectivity index (χ2n) is 3.26. The maximum Gasteiger partial charge on any atom is 0.126 e. The minimum atomic E-state index is -0.501. The second kappa shape index (κ2) is 4.32. The van der Waals surface area contributed by atoms with Crippen molar-refractivity contribution >= 4 is 23.2 Å². The molecule has 0 atom stereocenters. The Kier molecular flexibility index (Phi) is 3.03. The Hall–Kier alpha value is -1.25. The van der Waals surface area contributed by atoms with E-state index in [-0.39, 0.29) is 5.75 Å². The van der Waals surface area contributed by atoms with Crippen LogP contribution in [0.4, 0.5) is 4.39 Å². The van der Waals surface area contributed by atoms with Crippen LogP contribution in [0, 0.1) is 5.82 Å². The molecule has 0 heterocycles. The van der Waals surface area contributed by atoms with Gasteiger partial charge in [-0.15, -0.1) is 0 Å². The van der Waals surface area contributed by atoms with Crippen molar-refractivity contribution < 1.29 is 9.50 Å². The van der Waals surface area contributed by atoms with E-state index in [0.29, 0.717) is 21.2 Å². The van der Waals surface area contributed by atoms with Crippen molar-refractivity contribution in [3.05, 3.63) is 52.3 Å². The van der Waals surface area contributed by atoms with Crippen molar-refractivity contribution in [1.82, 2.24) is 0 Å². The Labute approximate surface area is 102 Å². The number of hydrogen-bond acceptors (Lipinski definition) is 1. The molecular formula is C12H7Cl2FO. The number of halogens is 3. The molecule has 2 rings (SSSR count). The third-order valence-electron chi connectivity index (χ3n) is 2.20. The van der Waals surface area contributed by atoms with Crippen molar-refractivity contribution in [3.63, 3.8) is 0 Å². The van der Waals surface area contributed by atoms with E-state index in [1.165, 1.54) is 12.1 Å². The minimum Gasteiger partial charge on any atom is -0.507 e. The summed E-state index contributed by atoms with van der Waals surface area (Å²) in [5.74, 6) is -0.663. The Bertz CT molecular complexity index is 541. The molecule has 4 heteroatoms. The molecule has 0 aliphatic rings. The van der Waals surface area contributed by atoms with E-state index in [1.54, 1.807) is 18.2 Å². The Morgan fingerprint density at radius 2 is 1.75 bits per heavy atom. The molecule has 0 unspecified atom stereocenters. The van der Waals surface area contributed by atoms with Crippen molar-refractivity contribution in [2.24, 2.45) is 0 Å². The summed E-state index contributed by atoms with van der Waals surface area (Å²) < 4.78 is 12.8. The van der Waals surface area contributed by atoms with Gasteiger partial charge < -0.3 is 5.11 Å². The van der Waals surface area contributed by atoms with Crippen LogP contribution in [0.3, 0.4) is 0 Å². The van der Waals surface area contributed by atoms with E-state index in [4.69, 9.17) is 23.2 Å². The van der Waals surface area contributed by atoms with Crippen molar-refractivity contribution in [2.75, 3.05) is 0 Å². The summed E-state index contributed by atoms with van der Waals surface area (Å²) in [7, 11) is 0. The monoisotopic (exact) mass is 256 g/mol. The summed E-state index contributed by atoms with van der Waals surface area (Å²) >= 11 is 11.9. The van der Waals surface area contributed by atoms with Crippen LogP contribution in [-0.4, -0.2) is 5.11 Å². The molecule has 0 saturated carbocycles. The molecule has 0 bridgehead atoms. The van der Waals surface area contributed by atoms with Crippen LogP contribution >= 0.6 is 23.2 Å². The average molecular weight is 257 g/mol. The zero-order chi connectivity index (χ0) is 11.7. The van der Waals surface area contributed by atoms with E-state index in [2.05, 4.69) is 0 Å². The normalized spacial score (nSPS) is 10.4. The van der Waals surface area contributed by atoms with Gasteiger partial charge in [-0.1, -0.05) is 35.3 Å². The van der Waals surface area contributed by atoms with Gasteiger partial charge in [0.2, 0.25) is 0 Å². The number of phenols is 1. The Balaban J connectivity index is 2.63. The zero-order valence-electron chi connectivity index (χ0n) is 8.05. The Morgan fingerprint density at radius 1 is 1.00 bits per heavy atom. The molecule has 16 heavy (non-hydrogen) atoms. The van der Waals surface area contributed by atoms with Gasteiger partial charge in [-0.25, -0.2) is 4.39 Å². The van der Waals surface area contributed by atoms with Crippen LogP contribution < -0.4 is 0 Å². The first-order chi connectivity index (χ1) is 7.59. The van der Waals surface area contributed by atoms with E-state index in [1.807, 2.05) is 0 Å². The van der Waals surface area contributed by atoms with Crippen LogP contribution in [0.1, 0.15) is 0 Å². The molecule has 0 aliphatic heterocycles. The van der Waals surface area contributed by atoms with E-state index in [0.717, 1.165) is 6.07 Å². The molecule has 0 spiro atoms. The SMILES string of the molecule is Oc1cc(F)ccc1-c1cccc(Cl)c1Cl. The predicted molar refractivity (Wildman–Crippen MR) is 63.5 cm³/mol. The van der Waals surface area contributed by atoms with Gasteiger partial charge in [0.1, 0.15) is 11.6 Å². The van der Waals surface area contributed by atoms with Crippen molar-refractivity contribution in [1.29, 1.82) is 0 Å². The molecule has 1 nitrogen and oxygen atoms in total. The smallest absolute Gasteiger partial charge is 0.126 e. The third-order valence-corrected chi connectivity index (χ3v) is 3.02. The summed E-state index contributed by atoms with van der Waals surface area (Å²) in [6.07, 6.45) is 0. The summed E-state index contributed by atoms with van der Waals surface area (Å²) in [6.45, 7) is 0. The summed E-state index contributed by atoms with van der Waals surface area (Å²) in [5, 5.41) is 10.3. The van der Waals surface area contributed by atoms with Crippen LogP contribution in [0.5, 0.6) is 5.75 Å². The summed E-state index contributed by atoms with van der Waals surface area (Å²) in [4.78, 5) is 0. The largest absolute Gasteiger partial charge is 0.507 e. The fourth-order valence-corrected chi connectivity index (χ4v) is 1.85. The summed E-state index contributed by atoms with van der Waals surface area (Å²) in [5.41, 5.74) is 1.03. The number of hydrogen-bond donors (Lipinski definition) is 1. The van der Waals surface area contributed by atoms with Crippen LogP contribution in [0.15, 0.2) is 36.4 Å². The van der Waals surface area contributed by atoms with Gasteiger partial charge in [0.05, 0.1) is 10.0 Å². The van der Waals surface area contributed by atoms with E-state index >= 15 is 0 Å². The molecule has 0 amide bonds. The van der Waals surface area contributed by atoms with E-state index < -0.39 is 5.82 Å². The highest BCUT2D eigenvalue weighted by molar-refractivity contribution is 6.43. The van der Waals surface area contributed by atoms with Gasteiger partial charge in [0, 0.05) is 17.2 Å². The van der Waals surface area contributed by atoms with Crippen LogP contribution in [0.25, 0.3) is 11.1 Å². The van der Waals surface area contributed by atoms with Gasteiger partial charge in [0.15, 0.2) is 0 Å². The highest BCUT2D eigenvalue weighted by atomic mass is 35.5. The molecule has 2 aromatic carbocycles. The lowest BCUT2D eigenvalue weighted by molar-refractivity contribution is 0.471. The summed E-state index contributed by atoms with van der Waals surface area (Å²) in [6, 6.07) is 8.82. The highest BCUT2D eigenvalue weighted by Gasteiger charge is 2.10. The lowest BCUT2D eigenvalue weighted by Crippen LogP contribution is -1.83. The van der Waals surface area contributed by atoms with Gasteiger partial charge in [0.25, 0.3) is 0 Å². The van der Waals surface area contributed by atoms with Crippen LogP contribution in [-0.2, 0) is 0 Å². The van der Waals surface area contributed by atoms with Gasteiger partial charge >= 0.3 is 0 Å². The lowest BCUT2D eigenvalue weighted by Gasteiger charge is -2.07. The molecule has 1 N–H and O–H groups in total. The van der Waals surface area contributed by atoms with Crippen molar-refractivity contribution in [3.8, 4) is 16.9 Å². The quantitative estimate of drug-likeness (QED) is 0.797. The number of rotatable bonds is 1. The number of aromatic hydroxyl groups is 1. The molecule has 82 valence electrons. The predicted octanol–water partition coefficient (Wildman–Crippen LogP) is 4.51. The molecule has 0 aromatic heterocycles. The Morgan fingerprint density at radius 3 is 2.44 bits per heavy atom. The topological polar surface area (TPSA) is 20.2 Å². The lowest BCUT2D eigenvalue weighted by atomic mass is 10.0.